The van der Waals surface area contributed by atoms with Crippen LogP contribution in [0, 0.1) is 0 Å². The van der Waals surface area contributed by atoms with Crippen molar-refractivity contribution in [1.82, 2.24) is 9.55 Å². The minimum atomic E-state index is -0.905. The number of rotatable bonds is 3. The van der Waals surface area contributed by atoms with E-state index in [1.54, 1.807) is 24.5 Å². The molecule has 0 amide bonds. The molecule has 0 saturated carbocycles. The number of carbonyl (C=O) groups is 1. The first-order valence-electron chi connectivity index (χ1n) is 5.96. The maximum absolute atomic E-state index is 10.9. The van der Waals surface area contributed by atoms with E-state index in [1.165, 1.54) is 0 Å². The molecule has 94 valence electrons. The second-order valence-electron chi connectivity index (χ2n) is 4.37. The number of hydrogen-bond donors (Lipinski definition) is 1. The number of aromatic carboxylic acids is 1. The van der Waals surface area contributed by atoms with Gasteiger partial charge in [-0.05, 0) is 29.8 Å². The van der Waals surface area contributed by atoms with E-state index in [-0.39, 0.29) is 0 Å². The molecular weight excluding hydrogens is 240 g/mol. The summed E-state index contributed by atoms with van der Waals surface area (Å²) in [5, 5.41) is 8.99. The van der Waals surface area contributed by atoms with Crippen molar-refractivity contribution in [3.8, 4) is 0 Å². The molecule has 0 radical (unpaired) electrons. The Balaban J connectivity index is 1.97. The van der Waals surface area contributed by atoms with E-state index in [1.807, 2.05) is 34.9 Å². The third kappa shape index (κ3) is 2.20. The normalized spacial score (nSPS) is 10.7. The predicted molar refractivity (Wildman–Crippen MR) is 72.2 cm³/mol. The summed E-state index contributed by atoms with van der Waals surface area (Å²) in [6.45, 7) is 0.613. The average Bonchev–Trinajstić information content (AvgIpc) is 2.83. The molecule has 0 atom stereocenters. The first kappa shape index (κ1) is 11.5. The van der Waals surface area contributed by atoms with Crippen LogP contribution in [0.15, 0.2) is 54.9 Å². The summed E-state index contributed by atoms with van der Waals surface area (Å²) in [6.07, 6.45) is 1.78. The molecule has 0 unspecified atom stereocenters. The van der Waals surface area contributed by atoms with Crippen LogP contribution in [0.4, 0.5) is 0 Å². The lowest BCUT2D eigenvalue weighted by Gasteiger charge is -2.05. The summed E-state index contributed by atoms with van der Waals surface area (Å²) >= 11 is 0. The first-order chi connectivity index (χ1) is 9.24. The number of hydrogen-bond acceptors (Lipinski definition) is 2. The van der Waals surface area contributed by atoms with Gasteiger partial charge in [-0.3, -0.25) is 0 Å². The van der Waals surface area contributed by atoms with Crippen LogP contribution in [0.2, 0.25) is 0 Å². The fraction of sp³-hybridized carbons (Fsp3) is 0.0667. The molecule has 0 aliphatic rings. The quantitative estimate of drug-likeness (QED) is 0.779. The molecule has 1 heterocycles. The molecule has 0 fully saturated rings. The van der Waals surface area contributed by atoms with E-state index in [4.69, 9.17) is 5.11 Å². The zero-order chi connectivity index (χ0) is 13.2. The Hall–Kier alpha value is -2.62. The van der Waals surface area contributed by atoms with Gasteiger partial charge in [-0.25, -0.2) is 9.78 Å². The highest BCUT2D eigenvalue weighted by Gasteiger charge is 2.05. The lowest BCUT2D eigenvalue weighted by molar-refractivity contribution is 0.0696. The number of para-hydroxylation sites is 2. The number of carboxylic acids is 1. The lowest BCUT2D eigenvalue weighted by Crippen LogP contribution is -2.01. The SMILES string of the molecule is O=C(O)c1cccc(Cn2cnc3ccccc32)c1. The van der Waals surface area contributed by atoms with Crippen LogP contribution in [0.5, 0.6) is 0 Å². The first-order valence-corrected chi connectivity index (χ1v) is 5.96. The van der Waals surface area contributed by atoms with E-state index in [0.29, 0.717) is 12.1 Å². The smallest absolute Gasteiger partial charge is 0.335 e. The van der Waals surface area contributed by atoms with Crippen molar-refractivity contribution in [3.63, 3.8) is 0 Å². The number of nitrogens with zero attached hydrogens (tertiary/aromatic N) is 2. The second kappa shape index (κ2) is 4.57. The van der Waals surface area contributed by atoms with E-state index in [2.05, 4.69) is 4.98 Å². The molecule has 3 rings (SSSR count). The summed E-state index contributed by atoms with van der Waals surface area (Å²) < 4.78 is 2.01. The highest BCUT2D eigenvalue weighted by atomic mass is 16.4. The summed E-state index contributed by atoms with van der Waals surface area (Å²) in [6, 6.07) is 14.8. The molecule has 0 spiro atoms. The number of carboxylic acid groups (broad SMARTS) is 1. The number of benzene rings is 2. The summed E-state index contributed by atoms with van der Waals surface area (Å²) in [7, 11) is 0. The fourth-order valence-corrected chi connectivity index (χ4v) is 2.14. The van der Waals surface area contributed by atoms with Crippen molar-refractivity contribution in [2.75, 3.05) is 0 Å². The standard InChI is InChI=1S/C15H12N2O2/c18-15(19)12-5-3-4-11(8-12)9-17-10-16-13-6-1-2-7-14(13)17/h1-8,10H,9H2,(H,18,19). The Morgan fingerprint density at radius 3 is 2.84 bits per heavy atom. The number of imidazole rings is 1. The monoisotopic (exact) mass is 252 g/mol. The van der Waals surface area contributed by atoms with Crippen molar-refractivity contribution in [1.29, 1.82) is 0 Å². The molecule has 3 aromatic rings. The minimum Gasteiger partial charge on any atom is -0.478 e. The van der Waals surface area contributed by atoms with Crippen molar-refractivity contribution in [2.24, 2.45) is 0 Å². The Bertz CT molecular complexity index is 746. The van der Waals surface area contributed by atoms with E-state index >= 15 is 0 Å². The highest BCUT2D eigenvalue weighted by Crippen LogP contribution is 2.14. The third-order valence-electron chi connectivity index (χ3n) is 3.05. The Morgan fingerprint density at radius 1 is 1.16 bits per heavy atom. The zero-order valence-electron chi connectivity index (χ0n) is 10.2. The number of aromatic nitrogens is 2. The van der Waals surface area contributed by atoms with Crippen LogP contribution in [0.3, 0.4) is 0 Å². The Labute approximate surface area is 109 Å². The van der Waals surface area contributed by atoms with Gasteiger partial charge in [0, 0.05) is 6.54 Å². The summed E-state index contributed by atoms with van der Waals surface area (Å²) in [5.74, 6) is -0.905. The van der Waals surface area contributed by atoms with Gasteiger partial charge in [0.2, 0.25) is 0 Å². The second-order valence-corrected chi connectivity index (χ2v) is 4.37. The predicted octanol–water partition coefficient (Wildman–Crippen LogP) is 2.78. The topological polar surface area (TPSA) is 55.1 Å². The van der Waals surface area contributed by atoms with Crippen molar-refractivity contribution >= 4 is 17.0 Å². The number of fused-ring (bicyclic) bond motifs is 1. The van der Waals surface area contributed by atoms with Gasteiger partial charge >= 0.3 is 5.97 Å². The average molecular weight is 252 g/mol. The van der Waals surface area contributed by atoms with Crippen LogP contribution >= 0.6 is 0 Å². The van der Waals surface area contributed by atoms with Gasteiger partial charge in [0.1, 0.15) is 0 Å². The van der Waals surface area contributed by atoms with Crippen molar-refractivity contribution in [3.05, 3.63) is 66.0 Å². The zero-order valence-corrected chi connectivity index (χ0v) is 10.2. The molecule has 4 nitrogen and oxygen atoms in total. The Kier molecular flexibility index (Phi) is 2.76. The molecule has 0 aliphatic heterocycles. The highest BCUT2D eigenvalue weighted by molar-refractivity contribution is 5.87. The summed E-state index contributed by atoms with van der Waals surface area (Å²) in [4.78, 5) is 15.3. The molecule has 1 aromatic heterocycles. The van der Waals surface area contributed by atoms with E-state index in [9.17, 15) is 4.79 Å². The molecular formula is C15H12N2O2. The van der Waals surface area contributed by atoms with Gasteiger partial charge in [0.05, 0.1) is 22.9 Å². The van der Waals surface area contributed by atoms with Crippen LogP contribution in [-0.4, -0.2) is 20.6 Å². The fourth-order valence-electron chi connectivity index (χ4n) is 2.14. The van der Waals surface area contributed by atoms with Crippen LogP contribution < -0.4 is 0 Å². The largest absolute Gasteiger partial charge is 0.478 e. The van der Waals surface area contributed by atoms with Gasteiger partial charge in [-0.1, -0.05) is 24.3 Å². The third-order valence-corrected chi connectivity index (χ3v) is 3.05. The van der Waals surface area contributed by atoms with Crippen LogP contribution in [-0.2, 0) is 6.54 Å². The van der Waals surface area contributed by atoms with E-state index < -0.39 is 5.97 Å². The van der Waals surface area contributed by atoms with Crippen LogP contribution in [0.25, 0.3) is 11.0 Å². The molecule has 4 heteroatoms. The molecule has 2 aromatic carbocycles. The van der Waals surface area contributed by atoms with Gasteiger partial charge in [0.25, 0.3) is 0 Å². The maximum Gasteiger partial charge on any atom is 0.335 e. The maximum atomic E-state index is 10.9. The molecule has 0 saturated heterocycles. The minimum absolute atomic E-state index is 0.307. The van der Waals surface area contributed by atoms with Crippen molar-refractivity contribution < 1.29 is 9.90 Å². The summed E-state index contributed by atoms with van der Waals surface area (Å²) in [5.41, 5.74) is 3.24. The van der Waals surface area contributed by atoms with Gasteiger partial charge in [0.15, 0.2) is 0 Å². The molecule has 19 heavy (non-hydrogen) atoms. The molecule has 0 aliphatic carbocycles. The van der Waals surface area contributed by atoms with E-state index in [0.717, 1.165) is 16.6 Å². The van der Waals surface area contributed by atoms with Crippen LogP contribution in [0.1, 0.15) is 15.9 Å². The molecule has 1 N–H and O–H groups in total. The Morgan fingerprint density at radius 2 is 2.00 bits per heavy atom. The van der Waals surface area contributed by atoms with Gasteiger partial charge in [-0.2, -0.15) is 0 Å². The lowest BCUT2D eigenvalue weighted by atomic mass is 10.1. The van der Waals surface area contributed by atoms with Gasteiger partial charge in [-0.15, -0.1) is 0 Å². The van der Waals surface area contributed by atoms with Gasteiger partial charge < -0.3 is 9.67 Å². The van der Waals surface area contributed by atoms with Crippen molar-refractivity contribution in [2.45, 2.75) is 6.54 Å². The molecule has 0 bridgehead atoms.